The van der Waals surface area contributed by atoms with E-state index in [0.29, 0.717) is 16.0 Å². The minimum atomic E-state index is -1.00. The number of anilines is 1. The van der Waals surface area contributed by atoms with Gasteiger partial charge in [0.1, 0.15) is 10.6 Å². The Balaban J connectivity index is 2.22. The molecule has 0 saturated heterocycles. The summed E-state index contributed by atoms with van der Waals surface area (Å²) in [5, 5.41) is 14.7. The van der Waals surface area contributed by atoms with Crippen LogP contribution in [0, 0.1) is 0 Å². The molecule has 0 spiro atoms. The molecule has 122 valence electrons. The maximum atomic E-state index is 12.2. The van der Waals surface area contributed by atoms with Crippen molar-refractivity contribution >= 4 is 44.4 Å². The third-order valence-electron chi connectivity index (χ3n) is 2.93. The number of carboxylic acids is 1. The Morgan fingerprint density at radius 3 is 2.70 bits per heavy atom. The van der Waals surface area contributed by atoms with Crippen LogP contribution < -0.4 is 10.6 Å². The Morgan fingerprint density at radius 1 is 1.26 bits per heavy atom. The molecule has 1 aromatic heterocycles. The van der Waals surface area contributed by atoms with Gasteiger partial charge in [-0.2, -0.15) is 0 Å². The summed E-state index contributed by atoms with van der Waals surface area (Å²) < 4.78 is 5.89. The average molecular weight is 336 g/mol. The van der Waals surface area contributed by atoms with Gasteiger partial charge in [0.05, 0.1) is 13.0 Å². The minimum Gasteiger partial charge on any atom is -0.481 e. The number of benzene rings is 1. The quantitative estimate of drug-likeness (QED) is 0.704. The van der Waals surface area contributed by atoms with E-state index in [2.05, 4.69) is 10.6 Å². The molecule has 0 radical (unpaired) electrons. The fourth-order valence-corrected chi connectivity index (χ4v) is 3.06. The molecule has 23 heavy (non-hydrogen) atoms. The van der Waals surface area contributed by atoms with Crippen LogP contribution in [0.3, 0.4) is 0 Å². The Kier molecular flexibility index (Phi) is 5.53. The van der Waals surface area contributed by atoms with Gasteiger partial charge in [0.15, 0.2) is 0 Å². The number of aliphatic carboxylic acids is 1. The van der Waals surface area contributed by atoms with Gasteiger partial charge in [-0.05, 0) is 13.0 Å². The highest BCUT2D eigenvalue weighted by molar-refractivity contribution is 7.23. The number of nitrogens with one attached hydrogen (secondary N) is 2. The molecule has 8 heteroatoms. The fraction of sp³-hybridized carbons (Fsp3) is 0.267. The Labute approximate surface area is 136 Å². The highest BCUT2D eigenvalue weighted by atomic mass is 32.1. The van der Waals surface area contributed by atoms with Crippen LogP contribution in [0.1, 0.15) is 23.7 Å². The van der Waals surface area contributed by atoms with Gasteiger partial charge >= 0.3 is 18.0 Å². The molecule has 0 aliphatic carbocycles. The predicted octanol–water partition coefficient (Wildman–Crippen LogP) is 2.67. The molecule has 0 unspecified atom stereocenters. The van der Waals surface area contributed by atoms with E-state index < -0.39 is 18.0 Å². The summed E-state index contributed by atoms with van der Waals surface area (Å²) in [5.74, 6) is -1.51. The molecule has 7 nitrogen and oxygen atoms in total. The SMILES string of the molecule is CCOC(=O)c1c(NC(=O)NCCC(=O)O)sc2ccccc12. The van der Waals surface area contributed by atoms with Crippen LogP contribution in [0.4, 0.5) is 9.80 Å². The topological polar surface area (TPSA) is 105 Å². The van der Waals surface area contributed by atoms with Crippen LogP contribution in [0.2, 0.25) is 0 Å². The first kappa shape index (κ1) is 16.8. The van der Waals surface area contributed by atoms with Gasteiger partial charge in [-0.15, -0.1) is 11.3 Å². The summed E-state index contributed by atoms with van der Waals surface area (Å²) in [5.41, 5.74) is 0.306. The fourth-order valence-electron chi connectivity index (χ4n) is 1.97. The Morgan fingerprint density at radius 2 is 2.00 bits per heavy atom. The van der Waals surface area contributed by atoms with Gasteiger partial charge in [-0.3, -0.25) is 10.1 Å². The zero-order valence-corrected chi connectivity index (χ0v) is 13.2. The first-order valence-electron chi connectivity index (χ1n) is 6.98. The second kappa shape index (κ2) is 7.59. The lowest BCUT2D eigenvalue weighted by molar-refractivity contribution is -0.136. The predicted molar refractivity (Wildman–Crippen MR) is 87.1 cm³/mol. The molecule has 1 aromatic carbocycles. The van der Waals surface area contributed by atoms with Gasteiger partial charge in [0, 0.05) is 16.6 Å². The Bertz CT molecular complexity index is 741. The number of esters is 1. The van der Waals surface area contributed by atoms with Crippen molar-refractivity contribution in [2.24, 2.45) is 0 Å². The summed E-state index contributed by atoms with van der Waals surface area (Å²) in [4.78, 5) is 34.4. The lowest BCUT2D eigenvalue weighted by Gasteiger charge is -2.07. The number of urea groups is 1. The van der Waals surface area contributed by atoms with Crippen molar-refractivity contribution < 1.29 is 24.2 Å². The van der Waals surface area contributed by atoms with Crippen molar-refractivity contribution in [3.63, 3.8) is 0 Å². The minimum absolute atomic E-state index is 0.000795. The number of amides is 2. The Hall–Kier alpha value is -2.61. The van der Waals surface area contributed by atoms with Crippen molar-refractivity contribution in [3.05, 3.63) is 29.8 Å². The number of hydrogen-bond acceptors (Lipinski definition) is 5. The first-order chi connectivity index (χ1) is 11.0. The van der Waals surface area contributed by atoms with Crippen LogP contribution in [-0.4, -0.2) is 36.2 Å². The van der Waals surface area contributed by atoms with E-state index in [1.54, 1.807) is 19.1 Å². The van der Waals surface area contributed by atoms with Crippen molar-refractivity contribution in [1.29, 1.82) is 0 Å². The second-order valence-electron chi connectivity index (χ2n) is 4.55. The van der Waals surface area contributed by atoms with Crippen molar-refractivity contribution in [3.8, 4) is 0 Å². The molecule has 0 aliphatic heterocycles. The van der Waals surface area contributed by atoms with Crippen molar-refractivity contribution in [2.75, 3.05) is 18.5 Å². The maximum absolute atomic E-state index is 12.2. The molecular weight excluding hydrogens is 320 g/mol. The zero-order chi connectivity index (χ0) is 16.8. The van der Waals surface area contributed by atoms with Crippen LogP contribution in [0.25, 0.3) is 10.1 Å². The smallest absolute Gasteiger partial charge is 0.341 e. The zero-order valence-electron chi connectivity index (χ0n) is 12.4. The summed E-state index contributed by atoms with van der Waals surface area (Å²) in [7, 11) is 0. The largest absolute Gasteiger partial charge is 0.481 e. The van der Waals surface area contributed by atoms with Crippen LogP contribution in [0.5, 0.6) is 0 Å². The first-order valence-corrected chi connectivity index (χ1v) is 7.80. The van der Waals surface area contributed by atoms with E-state index in [1.165, 1.54) is 11.3 Å². The molecule has 0 saturated carbocycles. The molecule has 0 bridgehead atoms. The van der Waals surface area contributed by atoms with Crippen molar-refractivity contribution in [2.45, 2.75) is 13.3 Å². The molecule has 2 aromatic rings. The van der Waals surface area contributed by atoms with E-state index in [1.807, 2.05) is 12.1 Å². The van der Waals surface area contributed by atoms with Crippen LogP contribution in [0.15, 0.2) is 24.3 Å². The number of carbonyl (C=O) groups excluding carboxylic acids is 2. The number of carboxylic acid groups (broad SMARTS) is 1. The monoisotopic (exact) mass is 336 g/mol. The maximum Gasteiger partial charge on any atom is 0.341 e. The number of thiophene rings is 1. The lowest BCUT2D eigenvalue weighted by Crippen LogP contribution is -2.30. The van der Waals surface area contributed by atoms with Gasteiger partial charge in [0.25, 0.3) is 0 Å². The third kappa shape index (κ3) is 4.19. The molecule has 3 N–H and O–H groups in total. The van der Waals surface area contributed by atoms with E-state index >= 15 is 0 Å². The van der Waals surface area contributed by atoms with E-state index in [-0.39, 0.29) is 19.6 Å². The highest BCUT2D eigenvalue weighted by Gasteiger charge is 2.21. The lowest BCUT2D eigenvalue weighted by atomic mass is 10.1. The molecule has 1 heterocycles. The normalized spacial score (nSPS) is 10.3. The number of hydrogen-bond donors (Lipinski definition) is 3. The van der Waals surface area contributed by atoms with Crippen LogP contribution >= 0.6 is 11.3 Å². The van der Waals surface area contributed by atoms with E-state index in [0.717, 1.165) is 4.70 Å². The number of rotatable bonds is 6. The van der Waals surface area contributed by atoms with E-state index in [4.69, 9.17) is 9.84 Å². The summed E-state index contributed by atoms with van der Waals surface area (Å²) >= 11 is 1.26. The van der Waals surface area contributed by atoms with Gasteiger partial charge in [-0.25, -0.2) is 9.59 Å². The molecule has 2 rings (SSSR count). The number of fused-ring (bicyclic) bond motifs is 1. The number of carbonyl (C=O) groups is 3. The van der Waals surface area contributed by atoms with Crippen LogP contribution in [-0.2, 0) is 9.53 Å². The third-order valence-corrected chi connectivity index (χ3v) is 4.01. The molecule has 0 aliphatic rings. The standard InChI is InChI=1S/C15H16N2O5S/c1-2-22-14(20)12-9-5-3-4-6-10(9)23-13(12)17-15(21)16-8-7-11(18)19/h3-6H,2,7-8H2,1H3,(H,18,19)(H2,16,17,21). The second-order valence-corrected chi connectivity index (χ2v) is 5.60. The van der Waals surface area contributed by atoms with Gasteiger partial charge in [0.2, 0.25) is 0 Å². The van der Waals surface area contributed by atoms with E-state index in [9.17, 15) is 14.4 Å². The summed E-state index contributed by atoms with van der Waals surface area (Å²) in [6, 6.07) is 6.70. The van der Waals surface area contributed by atoms with Crippen molar-refractivity contribution in [1.82, 2.24) is 5.32 Å². The summed E-state index contributed by atoms with van der Waals surface area (Å²) in [6.07, 6.45) is -0.176. The highest BCUT2D eigenvalue weighted by Crippen LogP contribution is 2.36. The van der Waals surface area contributed by atoms with Gasteiger partial charge in [-0.1, -0.05) is 18.2 Å². The summed E-state index contributed by atoms with van der Waals surface area (Å²) in [6.45, 7) is 1.94. The molecule has 2 amide bonds. The average Bonchev–Trinajstić information content (AvgIpc) is 2.84. The molecular formula is C15H16N2O5S. The molecule has 0 fully saturated rings. The molecule has 0 atom stereocenters. The van der Waals surface area contributed by atoms with Gasteiger partial charge < -0.3 is 15.2 Å². The number of ether oxygens (including phenoxy) is 1.